The minimum absolute atomic E-state index is 0.00447. The van der Waals surface area contributed by atoms with Gasteiger partial charge in [-0.1, -0.05) is 59.4 Å². The molecule has 7 rings (SSSR count). The van der Waals surface area contributed by atoms with E-state index in [4.69, 9.17) is 9.15 Å². The number of carbonyl (C=O) groups is 3. The van der Waals surface area contributed by atoms with Gasteiger partial charge in [-0.15, -0.1) is 0 Å². The number of thiazole rings is 1. The van der Waals surface area contributed by atoms with Crippen molar-refractivity contribution in [3.8, 4) is 0 Å². The molecule has 11 heteroatoms. The molecule has 0 aliphatic carbocycles. The molecule has 9 nitrogen and oxygen atoms in total. The van der Waals surface area contributed by atoms with Crippen LogP contribution in [0.3, 0.4) is 0 Å². The Bertz CT molecular complexity index is 2100. The van der Waals surface area contributed by atoms with Crippen molar-refractivity contribution in [1.29, 1.82) is 0 Å². The van der Waals surface area contributed by atoms with Gasteiger partial charge in [-0.05, 0) is 38.1 Å². The monoisotopic (exact) mass is 595 g/mol. The first-order chi connectivity index (χ1) is 20.7. The SMILES string of the molecule is COC(=O)c1sc(N2C(=O)c3oc4ccc(C)cc4c(=O)c3C23C(=O)N(Cc2ccccc2F)c2ccccc23)nc1C. The van der Waals surface area contributed by atoms with Crippen molar-refractivity contribution in [2.24, 2.45) is 0 Å². The Morgan fingerprint density at radius 2 is 1.79 bits per heavy atom. The number of aryl methyl sites for hydroxylation is 2. The standard InChI is InChI=1S/C32H22FN3O6S/c1-16-12-13-23-19(14-16)25(37)24-26(42-23)28(38)36(31-34-17(2)27(43-31)29(39)41-3)32(24)20-9-5-7-11-22(20)35(30(32)40)15-18-8-4-6-10-21(18)33/h4-14H,15H2,1-3H3. The van der Waals surface area contributed by atoms with Crippen molar-refractivity contribution in [3.63, 3.8) is 0 Å². The highest BCUT2D eigenvalue weighted by Gasteiger charge is 2.66. The van der Waals surface area contributed by atoms with Gasteiger partial charge in [-0.3, -0.25) is 19.3 Å². The minimum Gasteiger partial charge on any atom is -0.465 e. The summed E-state index contributed by atoms with van der Waals surface area (Å²) >= 11 is 0.867. The summed E-state index contributed by atoms with van der Waals surface area (Å²) in [6.07, 6.45) is 0. The van der Waals surface area contributed by atoms with Gasteiger partial charge in [0.2, 0.25) is 5.76 Å². The fourth-order valence-corrected chi connectivity index (χ4v) is 7.03. The number of esters is 1. The van der Waals surface area contributed by atoms with Gasteiger partial charge in [0.25, 0.3) is 11.8 Å². The zero-order valence-electron chi connectivity index (χ0n) is 23.1. The first kappa shape index (κ1) is 26.7. The minimum atomic E-state index is -2.04. The fraction of sp³-hybridized carbons (Fsp3) is 0.156. The highest BCUT2D eigenvalue weighted by molar-refractivity contribution is 7.17. The van der Waals surface area contributed by atoms with Crippen LogP contribution in [0, 0.1) is 19.7 Å². The summed E-state index contributed by atoms with van der Waals surface area (Å²) in [4.78, 5) is 63.4. The molecule has 3 aromatic carbocycles. The van der Waals surface area contributed by atoms with E-state index in [1.807, 2.05) is 6.92 Å². The van der Waals surface area contributed by atoms with Gasteiger partial charge in [-0.25, -0.2) is 14.2 Å². The maximum absolute atomic E-state index is 14.9. The van der Waals surface area contributed by atoms with Gasteiger partial charge in [0.05, 0.1) is 36.0 Å². The van der Waals surface area contributed by atoms with Gasteiger partial charge >= 0.3 is 5.97 Å². The number of carbonyl (C=O) groups excluding carboxylic acids is 3. The maximum atomic E-state index is 14.9. The van der Waals surface area contributed by atoms with Crippen molar-refractivity contribution in [2.75, 3.05) is 16.9 Å². The molecular weight excluding hydrogens is 573 g/mol. The number of nitrogens with zero attached hydrogens (tertiary/aromatic N) is 3. The Morgan fingerprint density at radius 1 is 1.05 bits per heavy atom. The highest BCUT2D eigenvalue weighted by Crippen LogP contribution is 2.55. The lowest BCUT2D eigenvalue weighted by molar-refractivity contribution is -0.121. The van der Waals surface area contributed by atoms with Gasteiger partial charge in [0.1, 0.15) is 16.3 Å². The second-order valence-electron chi connectivity index (χ2n) is 10.4. The Kier molecular flexibility index (Phi) is 5.86. The first-order valence-electron chi connectivity index (χ1n) is 13.3. The van der Waals surface area contributed by atoms with E-state index in [1.165, 1.54) is 18.1 Å². The second kappa shape index (κ2) is 9.43. The predicted octanol–water partition coefficient (Wildman–Crippen LogP) is 5.24. The number of hydrogen-bond donors (Lipinski definition) is 0. The number of amides is 2. The van der Waals surface area contributed by atoms with Crippen LogP contribution in [0.15, 0.2) is 75.9 Å². The molecule has 1 unspecified atom stereocenters. The van der Waals surface area contributed by atoms with Crippen LogP contribution in [0.1, 0.15) is 48.2 Å². The van der Waals surface area contributed by atoms with Crippen LogP contribution in [-0.4, -0.2) is 29.9 Å². The van der Waals surface area contributed by atoms with Crippen LogP contribution in [0.5, 0.6) is 0 Å². The topological polar surface area (TPSA) is 110 Å². The number of para-hydroxylation sites is 1. The number of methoxy groups -OCH3 is 1. The van der Waals surface area contributed by atoms with Gasteiger partial charge in [0, 0.05) is 11.1 Å². The average molecular weight is 596 g/mol. The van der Waals surface area contributed by atoms with E-state index in [1.54, 1.807) is 67.6 Å². The van der Waals surface area contributed by atoms with Gasteiger partial charge < -0.3 is 14.1 Å². The van der Waals surface area contributed by atoms with Crippen LogP contribution in [0.2, 0.25) is 0 Å². The van der Waals surface area contributed by atoms with Crippen molar-refractivity contribution >= 4 is 50.9 Å². The predicted molar refractivity (Wildman–Crippen MR) is 157 cm³/mol. The summed E-state index contributed by atoms with van der Waals surface area (Å²) < 4.78 is 25.9. The molecule has 2 aromatic heterocycles. The number of ether oxygens (including phenoxy) is 1. The lowest BCUT2D eigenvalue weighted by Crippen LogP contribution is -2.53. The zero-order valence-corrected chi connectivity index (χ0v) is 24.0. The number of rotatable bonds is 4. The molecule has 0 radical (unpaired) electrons. The third-order valence-corrected chi connectivity index (χ3v) is 9.04. The quantitative estimate of drug-likeness (QED) is 0.261. The zero-order chi connectivity index (χ0) is 30.2. The molecular formula is C32H22FN3O6S. The molecule has 214 valence electrons. The number of anilines is 2. The third kappa shape index (κ3) is 3.58. The van der Waals surface area contributed by atoms with E-state index < -0.39 is 34.6 Å². The van der Waals surface area contributed by atoms with Crippen LogP contribution in [-0.2, 0) is 21.6 Å². The van der Waals surface area contributed by atoms with Crippen LogP contribution in [0.25, 0.3) is 11.0 Å². The van der Waals surface area contributed by atoms with Crippen molar-refractivity contribution in [2.45, 2.75) is 25.9 Å². The Morgan fingerprint density at radius 3 is 2.56 bits per heavy atom. The molecule has 1 atom stereocenters. The number of hydrogen-bond acceptors (Lipinski definition) is 8. The highest BCUT2D eigenvalue weighted by atomic mass is 32.1. The summed E-state index contributed by atoms with van der Waals surface area (Å²) in [5.74, 6) is -2.89. The molecule has 2 aliphatic heterocycles. The Balaban J connectivity index is 1.56. The molecule has 2 amide bonds. The molecule has 0 saturated heterocycles. The molecule has 2 aliphatic rings. The summed E-state index contributed by atoms with van der Waals surface area (Å²) in [5, 5.41) is 0.209. The van der Waals surface area contributed by atoms with E-state index in [0.717, 1.165) is 21.8 Å². The van der Waals surface area contributed by atoms with Crippen molar-refractivity contribution in [3.05, 3.63) is 121 Å². The molecule has 43 heavy (non-hydrogen) atoms. The summed E-state index contributed by atoms with van der Waals surface area (Å²) in [6.45, 7) is 3.24. The number of aromatic nitrogens is 1. The Labute approximate surface area is 247 Å². The van der Waals surface area contributed by atoms with Crippen molar-refractivity contribution < 1.29 is 27.9 Å². The molecule has 1 spiro atoms. The summed E-state index contributed by atoms with van der Waals surface area (Å²) in [5.41, 5.74) is -0.512. The van der Waals surface area contributed by atoms with Gasteiger partial charge in [-0.2, -0.15) is 0 Å². The van der Waals surface area contributed by atoms with Crippen molar-refractivity contribution in [1.82, 2.24) is 4.98 Å². The first-order valence-corrected chi connectivity index (χ1v) is 14.1. The summed E-state index contributed by atoms with van der Waals surface area (Å²) in [7, 11) is 1.23. The molecule has 0 N–H and O–H groups in total. The Hall–Kier alpha value is -5.16. The molecule has 0 bridgehead atoms. The van der Waals surface area contributed by atoms with E-state index in [0.29, 0.717) is 11.3 Å². The van der Waals surface area contributed by atoms with E-state index in [-0.39, 0.29) is 50.1 Å². The molecule has 0 fully saturated rings. The average Bonchev–Trinajstić information content (AvgIpc) is 3.59. The van der Waals surface area contributed by atoms with Crippen LogP contribution >= 0.6 is 11.3 Å². The van der Waals surface area contributed by atoms with E-state index in [2.05, 4.69) is 4.98 Å². The normalized spacial score (nSPS) is 17.2. The maximum Gasteiger partial charge on any atom is 0.350 e. The number of halogens is 1. The van der Waals surface area contributed by atoms with Crippen LogP contribution < -0.4 is 15.2 Å². The summed E-state index contributed by atoms with van der Waals surface area (Å²) in [6, 6.07) is 17.8. The number of benzene rings is 3. The second-order valence-corrected chi connectivity index (χ2v) is 11.4. The lowest BCUT2D eigenvalue weighted by atomic mass is 9.84. The van der Waals surface area contributed by atoms with Crippen LogP contribution in [0.4, 0.5) is 15.2 Å². The lowest BCUT2D eigenvalue weighted by Gasteiger charge is -2.32. The smallest absolute Gasteiger partial charge is 0.350 e. The molecule has 5 aromatic rings. The molecule has 0 saturated carbocycles. The van der Waals surface area contributed by atoms with E-state index >= 15 is 0 Å². The molecule has 4 heterocycles. The fourth-order valence-electron chi connectivity index (χ4n) is 5.99. The number of fused-ring (bicyclic) bond motifs is 5. The van der Waals surface area contributed by atoms with Gasteiger partial charge in [0.15, 0.2) is 16.1 Å². The largest absolute Gasteiger partial charge is 0.465 e. The van der Waals surface area contributed by atoms with E-state index in [9.17, 15) is 23.6 Å². The third-order valence-electron chi connectivity index (χ3n) is 7.91.